The first-order chi connectivity index (χ1) is 9.58. The molecule has 0 bridgehead atoms. The van der Waals surface area contributed by atoms with Crippen LogP contribution in [0.4, 0.5) is 15.8 Å². The van der Waals surface area contributed by atoms with Crippen LogP contribution in [-0.4, -0.2) is 10.9 Å². The number of nitrogens with zero attached hydrogens (tertiary/aromatic N) is 2. The highest BCUT2D eigenvalue weighted by atomic mass is 19.1. The van der Waals surface area contributed by atoms with E-state index in [9.17, 15) is 9.18 Å². The van der Waals surface area contributed by atoms with E-state index in [0.717, 1.165) is 6.07 Å². The SMILES string of the molecule is N#Cc1cc(F)ccc1NC(=O)Cc1ccc(N)cn1. The van der Waals surface area contributed by atoms with Gasteiger partial charge in [0.2, 0.25) is 5.91 Å². The number of hydrogen-bond donors (Lipinski definition) is 2. The number of aromatic nitrogens is 1. The minimum atomic E-state index is -0.528. The number of nitrogens with one attached hydrogen (secondary N) is 1. The molecule has 100 valence electrons. The number of benzene rings is 1. The van der Waals surface area contributed by atoms with Crippen LogP contribution in [0, 0.1) is 17.1 Å². The van der Waals surface area contributed by atoms with Crippen molar-refractivity contribution < 1.29 is 9.18 Å². The van der Waals surface area contributed by atoms with Crippen molar-refractivity contribution in [3.8, 4) is 6.07 Å². The molecule has 1 aromatic heterocycles. The third-order valence-electron chi connectivity index (χ3n) is 2.57. The molecule has 0 aliphatic heterocycles. The predicted octanol–water partition coefficient (Wildman–Crippen LogP) is 1.86. The summed E-state index contributed by atoms with van der Waals surface area (Å²) in [5.74, 6) is -0.870. The largest absolute Gasteiger partial charge is 0.397 e. The molecule has 3 N–H and O–H groups in total. The molecular weight excluding hydrogens is 259 g/mol. The van der Waals surface area contributed by atoms with Crippen LogP contribution in [0.5, 0.6) is 0 Å². The summed E-state index contributed by atoms with van der Waals surface area (Å²) < 4.78 is 13.0. The second kappa shape index (κ2) is 5.80. The summed E-state index contributed by atoms with van der Waals surface area (Å²) in [6.07, 6.45) is 1.50. The first kappa shape index (κ1) is 13.5. The Morgan fingerprint density at radius 2 is 2.20 bits per heavy atom. The number of carbonyl (C=O) groups excluding carboxylic acids is 1. The zero-order valence-electron chi connectivity index (χ0n) is 10.4. The third-order valence-corrected chi connectivity index (χ3v) is 2.57. The number of rotatable bonds is 3. The fourth-order valence-electron chi connectivity index (χ4n) is 1.62. The lowest BCUT2D eigenvalue weighted by atomic mass is 10.2. The molecule has 0 aliphatic rings. The smallest absolute Gasteiger partial charge is 0.230 e. The first-order valence-electron chi connectivity index (χ1n) is 5.78. The van der Waals surface area contributed by atoms with E-state index in [1.807, 2.05) is 6.07 Å². The van der Waals surface area contributed by atoms with Gasteiger partial charge >= 0.3 is 0 Å². The average molecular weight is 270 g/mol. The van der Waals surface area contributed by atoms with Gasteiger partial charge in [-0.05, 0) is 30.3 Å². The van der Waals surface area contributed by atoms with Crippen molar-refractivity contribution in [3.63, 3.8) is 0 Å². The van der Waals surface area contributed by atoms with Gasteiger partial charge in [0.25, 0.3) is 0 Å². The molecule has 1 amide bonds. The summed E-state index contributed by atoms with van der Waals surface area (Å²) in [7, 11) is 0. The summed E-state index contributed by atoms with van der Waals surface area (Å²) >= 11 is 0. The Bertz CT molecular complexity index is 677. The molecule has 1 heterocycles. The lowest BCUT2D eigenvalue weighted by Crippen LogP contribution is -2.16. The molecule has 0 atom stereocenters. The molecule has 1 aromatic carbocycles. The molecule has 2 aromatic rings. The average Bonchev–Trinajstić information content (AvgIpc) is 2.43. The molecule has 0 saturated heterocycles. The van der Waals surface area contributed by atoms with Gasteiger partial charge in [-0.1, -0.05) is 0 Å². The van der Waals surface area contributed by atoms with E-state index in [-0.39, 0.29) is 23.6 Å². The number of amides is 1. The number of pyridine rings is 1. The zero-order valence-corrected chi connectivity index (χ0v) is 10.4. The molecule has 0 aliphatic carbocycles. The van der Waals surface area contributed by atoms with Crippen LogP contribution in [0.1, 0.15) is 11.3 Å². The van der Waals surface area contributed by atoms with Crippen LogP contribution in [0.2, 0.25) is 0 Å². The van der Waals surface area contributed by atoms with E-state index < -0.39 is 5.82 Å². The number of nitrogen functional groups attached to an aromatic ring is 1. The van der Waals surface area contributed by atoms with Crippen LogP contribution in [-0.2, 0) is 11.2 Å². The molecule has 0 saturated carbocycles. The van der Waals surface area contributed by atoms with Gasteiger partial charge < -0.3 is 11.1 Å². The van der Waals surface area contributed by atoms with Crippen molar-refractivity contribution in [2.45, 2.75) is 6.42 Å². The quantitative estimate of drug-likeness (QED) is 0.890. The zero-order chi connectivity index (χ0) is 14.5. The Labute approximate surface area is 114 Å². The topological polar surface area (TPSA) is 91.8 Å². The van der Waals surface area contributed by atoms with E-state index in [2.05, 4.69) is 10.3 Å². The van der Waals surface area contributed by atoms with Crippen molar-refractivity contribution in [1.29, 1.82) is 5.26 Å². The molecule has 0 unspecified atom stereocenters. The van der Waals surface area contributed by atoms with Gasteiger partial charge in [0, 0.05) is 5.69 Å². The standard InChI is InChI=1S/C14H11FN4O/c15-10-1-4-13(9(5-10)7-16)19-14(20)6-12-3-2-11(17)8-18-12/h1-5,8H,6,17H2,(H,19,20). The first-order valence-corrected chi connectivity index (χ1v) is 5.78. The number of hydrogen-bond acceptors (Lipinski definition) is 4. The highest BCUT2D eigenvalue weighted by Crippen LogP contribution is 2.16. The van der Waals surface area contributed by atoms with E-state index in [4.69, 9.17) is 11.0 Å². The molecule has 2 rings (SSSR count). The highest BCUT2D eigenvalue weighted by molar-refractivity contribution is 5.93. The van der Waals surface area contributed by atoms with Gasteiger partial charge in [-0.25, -0.2) is 4.39 Å². The van der Waals surface area contributed by atoms with Gasteiger partial charge in [-0.15, -0.1) is 0 Å². The highest BCUT2D eigenvalue weighted by Gasteiger charge is 2.09. The Kier molecular flexibility index (Phi) is 3.91. The Hall–Kier alpha value is -2.94. The van der Waals surface area contributed by atoms with E-state index >= 15 is 0 Å². The van der Waals surface area contributed by atoms with E-state index in [0.29, 0.717) is 11.4 Å². The second-order valence-corrected chi connectivity index (χ2v) is 4.11. The Balaban J connectivity index is 2.09. The summed E-state index contributed by atoms with van der Waals surface area (Å²) in [6.45, 7) is 0. The molecule has 0 radical (unpaired) electrons. The maximum absolute atomic E-state index is 13.0. The molecule has 0 spiro atoms. The monoisotopic (exact) mass is 270 g/mol. The lowest BCUT2D eigenvalue weighted by molar-refractivity contribution is -0.115. The minimum Gasteiger partial charge on any atom is -0.397 e. The lowest BCUT2D eigenvalue weighted by Gasteiger charge is -2.07. The van der Waals surface area contributed by atoms with Gasteiger partial charge in [0.05, 0.1) is 29.6 Å². The van der Waals surface area contributed by atoms with Crippen LogP contribution in [0.3, 0.4) is 0 Å². The fraction of sp³-hybridized carbons (Fsp3) is 0.0714. The fourth-order valence-corrected chi connectivity index (χ4v) is 1.62. The Morgan fingerprint density at radius 1 is 1.40 bits per heavy atom. The summed E-state index contributed by atoms with van der Waals surface area (Å²) in [5, 5.41) is 11.4. The van der Waals surface area contributed by atoms with Crippen molar-refractivity contribution in [2.24, 2.45) is 0 Å². The predicted molar refractivity (Wildman–Crippen MR) is 72.1 cm³/mol. The van der Waals surface area contributed by atoms with Crippen molar-refractivity contribution in [2.75, 3.05) is 11.1 Å². The van der Waals surface area contributed by atoms with Crippen LogP contribution in [0.25, 0.3) is 0 Å². The number of halogens is 1. The van der Waals surface area contributed by atoms with Gasteiger partial charge in [-0.2, -0.15) is 5.26 Å². The van der Waals surface area contributed by atoms with Crippen molar-refractivity contribution >= 4 is 17.3 Å². The maximum atomic E-state index is 13.0. The van der Waals surface area contributed by atoms with Crippen molar-refractivity contribution in [1.82, 2.24) is 4.98 Å². The summed E-state index contributed by atoms with van der Waals surface area (Å²) in [5.41, 5.74) is 6.91. The molecular formula is C14H11FN4O. The van der Waals surface area contributed by atoms with Gasteiger partial charge in [-0.3, -0.25) is 9.78 Å². The number of anilines is 2. The second-order valence-electron chi connectivity index (χ2n) is 4.11. The molecule has 0 fully saturated rings. The Morgan fingerprint density at radius 3 is 2.85 bits per heavy atom. The van der Waals surface area contributed by atoms with Gasteiger partial charge in [0.15, 0.2) is 0 Å². The summed E-state index contributed by atoms with van der Waals surface area (Å²) in [4.78, 5) is 15.8. The van der Waals surface area contributed by atoms with E-state index in [1.54, 1.807) is 12.1 Å². The summed E-state index contributed by atoms with van der Waals surface area (Å²) in [6, 6.07) is 8.71. The number of nitriles is 1. The number of nitrogens with two attached hydrogens (primary N) is 1. The normalized spacial score (nSPS) is 9.80. The molecule has 6 heteroatoms. The van der Waals surface area contributed by atoms with Crippen LogP contribution >= 0.6 is 0 Å². The maximum Gasteiger partial charge on any atom is 0.230 e. The minimum absolute atomic E-state index is 0.0442. The van der Waals surface area contributed by atoms with Crippen LogP contribution < -0.4 is 11.1 Å². The number of carbonyl (C=O) groups is 1. The van der Waals surface area contributed by atoms with E-state index in [1.165, 1.54) is 18.3 Å². The third kappa shape index (κ3) is 3.29. The van der Waals surface area contributed by atoms with Crippen LogP contribution in [0.15, 0.2) is 36.5 Å². The molecule has 20 heavy (non-hydrogen) atoms. The molecule has 5 nitrogen and oxygen atoms in total. The van der Waals surface area contributed by atoms with Gasteiger partial charge in [0.1, 0.15) is 11.9 Å². The van der Waals surface area contributed by atoms with Crippen molar-refractivity contribution in [3.05, 3.63) is 53.6 Å².